The Hall–Kier alpha value is -5.60. The van der Waals surface area contributed by atoms with Crippen LogP contribution in [0.1, 0.15) is 102 Å². The predicted octanol–water partition coefficient (Wildman–Crippen LogP) is 16.5. The first-order valence-corrected chi connectivity index (χ1v) is 20.9. The number of rotatable bonds is 9. The average Bonchev–Trinajstić information content (AvgIpc) is 3.13. The highest BCUT2D eigenvalue weighted by atomic mass is 15.2. The van der Waals surface area contributed by atoms with E-state index in [1.165, 1.54) is 122 Å². The van der Waals surface area contributed by atoms with Gasteiger partial charge in [-0.25, -0.2) is 0 Å². The lowest BCUT2D eigenvalue weighted by atomic mass is 9.84. The molecule has 0 aliphatic carbocycles. The van der Waals surface area contributed by atoms with E-state index in [2.05, 4.69) is 202 Å². The van der Waals surface area contributed by atoms with Gasteiger partial charge in [0, 0.05) is 33.5 Å². The SMILES string of the molecule is CCc1cc(C)cc(N(c2cc(C)cc(C)c2)c2cc(C(C)C)c3ccc4c(N(c5cc(C)cc(C)c5)c5cc(C)cc(C)c5)cc(C(C)C)c5ccc2c3c54)c1. The lowest BCUT2D eigenvalue weighted by Crippen LogP contribution is -2.14. The van der Waals surface area contributed by atoms with Crippen molar-refractivity contribution in [1.82, 2.24) is 0 Å². The average molecular weight is 747 g/mol. The van der Waals surface area contributed by atoms with Crippen molar-refractivity contribution in [3.8, 4) is 0 Å². The monoisotopic (exact) mass is 746 g/mol. The van der Waals surface area contributed by atoms with Gasteiger partial charge >= 0.3 is 0 Å². The van der Waals surface area contributed by atoms with Crippen molar-refractivity contribution in [2.45, 2.75) is 101 Å². The maximum absolute atomic E-state index is 2.55. The summed E-state index contributed by atoms with van der Waals surface area (Å²) in [5.41, 5.74) is 20.2. The van der Waals surface area contributed by atoms with Gasteiger partial charge in [-0.15, -0.1) is 0 Å². The minimum absolute atomic E-state index is 0.323. The summed E-state index contributed by atoms with van der Waals surface area (Å²) < 4.78 is 0. The molecule has 0 unspecified atom stereocenters. The molecule has 57 heavy (non-hydrogen) atoms. The summed E-state index contributed by atoms with van der Waals surface area (Å²) in [4.78, 5) is 5.08. The summed E-state index contributed by atoms with van der Waals surface area (Å²) in [6, 6.07) is 42.7. The Labute approximate surface area is 341 Å². The van der Waals surface area contributed by atoms with Crippen LogP contribution in [0.5, 0.6) is 0 Å². The number of nitrogens with zero attached hydrogens (tertiary/aromatic N) is 2. The number of aryl methyl sites for hydroxylation is 8. The van der Waals surface area contributed by atoms with E-state index in [0.29, 0.717) is 11.8 Å². The van der Waals surface area contributed by atoms with Gasteiger partial charge in [0.2, 0.25) is 0 Å². The maximum Gasteiger partial charge on any atom is 0.0543 e. The zero-order chi connectivity index (χ0) is 40.4. The fraction of sp³-hybridized carbons (Fsp3) is 0.273. The molecule has 2 heteroatoms. The van der Waals surface area contributed by atoms with Crippen molar-refractivity contribution < 1.29 is 0 Å². The van der Waals surface area contributed by atoms with Crippen LogP contribution < -0.4 is 9.80 Å². The Morgan fingerprint density at radius 2 is 0.667 bits per heavy atom. The maximum atomic E-state index is 2.55. The number of hydrogen-bond acceptors (Lipinski definition) is 2. The van der Waals surface area contributed by atoms with Crippen molar-refractivity contribution in [3.63, 3.8) is 0 Å². The molecule has 8 aromatic rings. The summed E-state index contributed by atoms with van der Waals surface area (Å²) in [6.45, 7) is 27.2. The molecule has 0 radical (unpaired) electrons. The van der Waals surface area contributed by atoms with Gasteiger partial charge in [-0.05, 0) is 205 Å². The molecule has 0 amide bonds. The van der Waals surface area contributed by atoms with Crippen molar-refractivity contribution in [3.05, 3.63) is 165 Å². The topological polar surface area (TPSA) is 6.48 Å². The van der Waals surface area contributed by atoms with E-state index in [1.807, 2.05) is 0 Å². The van der Waals surface area contributed by atoms with Crippen LogP contribution in [-0.2, 0) is 6.42 Å². The Morgan fingerprint density at radius 1 is 0.368 bits per heavy atom. The smallest absolute Gasteiger partial charge is 0.0543 e. The Morgan fingerprint density at radius 3 is 0.982 bits per heavy atom. The molecule has 0 aliphatic heterocycles. The highest BCUT2D eigenvalue weighted by Gasteiger charge is 2.26. The first-order chi connectivity index (χ1) is 27.2. The third kappa shape index (κ3) is 6.94. The van der Waals surface area contributed by atoms with Crippen LogP contribution in [0.2, 0.25) is 0 Å². The molecule has 8 rings (SSSR count). The third-order valence-corrected chi connectivity index (χ3v) is 11.8. The van der Waals surface area contributed by atoms with Crippen LogP contribution in [0.25, 0.3) is 32.3 Å². The molecule has 0 bridgehead atoms. The quantitative estimate of drug-likeness (QED) is 0.136. The third-order valence-electron chi connectivity index (χ3n) is 11.8. The molecule has 0 aliphatic rings. The normalized spacial score (nSPS) is 11.9. The van der Waals surface area contributed by atoms with Gasteiger partial charge in [-0.2, -0.15) is 0 Å². The number of hydrogen-bond donors (Lipinski definition) is 0. The fourth-order valence-electron chi connectivity index (χ4n) is 9.60. The molecule has 0 heterocycles. The standard InChI is InChI=1S/C55H58N2/c1-13-41-21-40(12)28-45(29-41)57(44-26-38(10)20-39(11)27-44)53-31-51(33(4)5)47-14-16-48-52(30-50(32(2)3)46-15-17-49(53)55(47)54(46)48)56(42-22-34(6)18-35(7)23-42)43-24-36(8)19-37(9)25-43/h14-33H,13H2,1-12H3. The van der Waals surface area contributed by atoms with Gasteiger partial charge in [-0.1, -0.05) is 83.1 Å². The van der Waals surface area contributed by atoms with Gasteiger partial charge in [0.15, 0.2) is 0 Å². The molecular weight excluding hydrogens is 689 g/mol. The second kappa shape index (κ2) is 14.7. The Bertz CT molecular complexity index is 2710. The number of anilines is 6. The largest absolute Gasteiger partial charge is 0.310 e. The van der Waals surface area contributed by atoms with Gasteiger partial charge in [0.05, 0.1) is 11.4 Å². The zero-order valence-electron chi connectivity index (χ0n) is 36.1. The first kappa shape index (κ1) is 38.3. The molecule has 0 atom stereocenters. The molecule has 8 aromatic carbocycles. The molecule has 0 fully saturated rings. The van der Waals surface area contributed by atoms with Crippen LogP contribution in [-0.4, -0.2) is 0 Å². The molecular formula is C55H58N2. The first-order valence-electron chi connectivity index (χ1n) is 20.9. The molecule has 288 valence electrons. The van der Waals surface area contributed by atoms with Gasteiger partial charge < -0.3 is 9.80 Å². The lowest BCUT2D eigenvalue weighted by Gasteiger charge is -2.32. The Balaban J connectivity index is 1.54. The summed E-state index contributed by atoms with van der Waals surface area (Å²) in [5, 5.41) is 7.95. The summed E-state index contributed by atoms with van der Waals surface area (Å²) in [7, 11) is 0. The van der Waals surface area contributed by atoms with Gasteiger partial charge in [0.1, 0.15) is 0 Å². The molecule has 0 aromatic heterocycles. The van der Waals surface area contributed by atoms with Crippen LogP contribution in [0.4, 0.5) is 34.1 Å². The molecule has 2 nitrogen and oxygen atoms in total. The van der Waals surface area contributed by atoms with E-state index in [9.17, 15) is 0 Å². The summed E-state index contributed by atoms with van der Waals surface area (Å²) in [6.07, 6.45) is 0.989. The van der Waals surface area contributed by atoms with E-state index in [-0.39, 0.29) is 0 Å². The van der Waals surface area contributed by atoms with E-state index in [1.54, 1.807) is 0 Å². The lowest BCUT2D eigenvalue weighted by molar-refractivity contribution is 0.875. The van der Waals surface area contributed by atoms with E-state index in [0.717, 1.165) is 6.42 Å². The van der Waals surface area contributed by atoms with Crippen molar-refractivity contribution >= 4 is 66.4 Å². The van der Waals surface area contributed by atoms with Crippen LogP contribution in [0.15, 0.2) is 109 Å². The van der Waals surface area contributed by atoms with Crippen LogP contribution in [0, 0.1) is 48.5 Å². The van der Waals surface area contributed by atoms with Gasteiger partial charge in [0.25, 0.3) is 0 Å². The van der Waals surface area contributed by atoms with E-state index >= 15 is 0 Å². The summed E-state index contributed by atoms with van der Waals surface area (Å²) in [5.74, 6) is 0.647. The van der Waals surface area contributed by atoms with E-state index in [4.69, 9.17) is 0 Å². The highest BCUT2D eigenvalue weighted by molar-refractivity contribution is 6.29. The Kier molecular flexibility index (Phi) is 9.89. The number of benzene rings is 8. The van der Waals surface area contributed by atoms with Crippen molar-refractivity contribution in [1.29, 1.82) is 0 Å². The predicted molar refractivity (Wildman–Crippen MR) is 250 cm³/mol. The molecule has 0 saturated heterocycles. The summed E-state index contributed by atoms with van der Waals surface area (Å²) >= 11 is 0. The second-order valence-electron chi connectivity index (χ2n) is 17.6. The van der Waals surface area contributed by atoms with Crippen molar-refractivity contribution in [2.75, 3.05) is 9.80 Å². The molecule has 0 spiro atoms. The van der Waals surface area contributed by atoms with Crippen LogP contribution in [0.3, 0.4) is 0 Å². The van der Waals surface area contributed by atoms with Gasteiger partial charge in [-0.3, -0.25) is 0 Å². The van der Waals surface area contributed by atoms with E-state index < -0.39 is 0 Å². The molecule has 0 saturated carbocycles. The fourth-order valence-corrected chi connectivity index (χ4v) is 9.60. The molecule has 0 N–H and O–H groups in total. The van der Waals surface area contributed by atoms with Crippen molar-refractivity contribution in [2.24, 2.45) is 0 Å². The zero-order valence-corrected chi connectivity index (χ0v) is 36.1. The highest BCUT2D eigenvalue weighted by Crippen LogP contribution is 2.51. The second-order valence-corrected chi connectivity index (χ2v) is 17.6. The minimum Gasteiger partial charge on any atom is -0.310 e. The minimum atomic E-state index is 0.323. The van der Waals surface area contributed by atoms with Crippen LogP contribution >= 0.6 is 0 Å².